The van der Waals surface area contributed by atoms with E-state index in [0.717, 1.165) is 23.7 Å². The first kappa shape index (κ1) is 14.5. The summed E-state index contributed by atoms with van der Waals surface area (Å²) < 4.78 is 0. The first-order chi connectivity index (χ1) is 7.80. The molecule has 1 unspecified atom stereocenters. The van der Waals surface area contributed by atoms with Gasteiger partial charge in [-0.25, -0.2) is 0 Å². The summed E-state index contributed by atoms with van der Waals surface area (Å²) >= 11 is 6.14. The molecule has 0 heterocycles. The van der Waals surface area contributed by atoms with Crippen molar-refractivity contribution < 1.29 is 0 Å². The van der Waals surface area contributed by atoms with Gasteiger partial charge in [-0.1, -0.05) is 50.6 Å². The van der Waals surface area contributed by atoms with E-state index in [1.54, 1.807) is 0 Å². The van der Waals surface area contributed by atoms with Gasteiger partial charge in [0.2, 0.25) is 0 Å². The summed E-state index contributed by atoms with van der Waals surface area (Å²) in [5.41, 5.74) is 7.45. The highest BCUT2D eigenvalue weighted by Crippen LogP contribution is 2.20. The number of hydrogen-bond donors (Lipinski definition) is 1. The quantitative estimate of drug-likeness (QED) is 0.895. The van der Waals surface area contributed by atoms with Crippen LogP contribution in [0.15, 0.2) is 24.3 Å². The molecule has 0 radical (unpaired) electrons. The molecule has 2 nitrogen and oxygen atoms in total. The Morgan fingerprint density at radius 3 is 2.41 bits per heavy atom. The summed E-state index contributed by atoms with van der Waals surface area (Å²) in [7, 11) is 2.08. The van der Waals surface area contributed by atoms with Crippen LogP contribution in [-0.2, 0) is 6.54 Å². The van der Waals surface area contributed by atoms with Crippen molar-refractivity contribution in [2.24, 2.45) is 11.1 Å². The van der Waals surface area contributed by atoms with E-state index in [1.807, 2.05) is 18.2 Å². The molecule has 96 valence electrons. The maximum absolute atomic E-state index is 6.17. The fourth-order valence-corrected chi connectivity index (χ4v) is 1.79. The molecule has 2 N–H and O–H groups in total. The van der Waals surface area contributed by atoms with E-state index >= 15 is 0 Å². The van der Waals surface area contributed by atoms with Gasteiger partial charge >= 0.3 is 0 Å². The molecular formula is C14H23ClN2. The number of nitrogens with two attached hydrogens (primary N) is 1. The van der Waals surface area contributed by atoms with Gasteiger partial charge in [0, 0.05) is 24.2 Å². The molecule has 0 saturated heterocycles. The van der Waals surface area contributed by atoms with Crippen LogP contribution in [0.2, 0.25) is 5.02 Å². The Morgan fingerprint density at radius 2 is 1.88 bits per heavy atom. The lowest BCUT2D eigenvalue weighted by molar-refractivity contribution is 0.222. The van der Waals surface area contributed by atoms with E-state index < -0.39 is 0 Å². The van der Waals surface area contributed by atoms with Crippen molar-refractivity contribution in [3.05, 3.63) is 34.9 Å². The topological polar surface area (TPSA) is 29.3 Å². The predicted octanol–water partition coefficient (Wildman–Crippen LogP) is 3.15. The smallest absolute Gasteiger partial charge is 0.0451 e. The van der Waals surface area contributed by atoms with Gasteiger partial charge in [0.25, 0.3) is 0 Å². The SMILES string of the molecule is CN(Cc1ccccc1Cl)CC(N)C(C)(C)C. The van der Waals surface area contributed by atoms with Gasteiger partial charge in [0.15, 0.2) is 0 Å². The lowest BCUT2D eigenvalue weighted by atomic mass is 9.87. The average molecular weight is 255 g/mol. The molecule has 0 aromatic heterocycles. The summed E-state index contributed by atoms with van der Waals surface area (Å²) in [6.07, 6.45) is 0. The van der Waals surface area contributed by atoms with Crippen LogP contribution in [-0.4, -0.2) is 24.5 Å². The minimum Gasteiger partial charge on any atom is -0.326 e. The largest absolute Gasteiger partial charge is 0.326 e. The molecule has 0 amide bonds. The van der Waals surface area contributed by atoms with E-state index in [-0.39, 0.29) is 11.5 Å². The third-order valence-electron chi connectivity index (χ3n) is 3.02. The molecule has 0 aliphatic carbocycles. The van der Waals surface area contributed by atoms with E-state index in [4.69, 9.17) is 17.3 Å². The second-order valence-corrected chi connectivity index (χ2v) is 6.17. The zero-order valence-corrected chi connectivity index (χ0v) is 12.0. The maximum Gasteiger partial charge on any atom is 0.0451 e. The molecular weight excluding hydrogens is 232 g/mol. The molecule has 1 rings (SSSR count). The van der Waals surface area contributed by atoms with E-state index in [9.17, 15) is 0 Å². The molecule has 0 spiro atoms. The van der Waals surface area contributed by atoms with Crippen LogP contribution >= 0.6 is 11.6 Å². The highest BCUT2D eigenvalue weighted by Gasteiger charge is 2.21. The van der Waals surface area contributed by atoms with Crippen LogP contribution in [0.3, 0.4) is 0 Å². The Labute approximate surface area is 110 Å². The van der Waals surface area contributed by atoms with E-state index in [0.29, 0.717) is 0 Å². The monoisotopic (exact) mass is 254 g/mol. The maximum atomic E-state index is 6.17. The van der Waals surface area contributed by atoms with E-state index in [2.05, 4.69) is 38.8 Å². The summed E-state index contributed by atoms with van der Waals surface area (Å²) in [4.78, 5) is 2.22. The van der Waals surface area contributed by atoms with Gasteiger partial charge in [-0.15, -0.1) is 0 Å². The Kier molecular flexibility index (Phi) is 4.99. The standard InChI is InChI=1S/C14H23ClN2/c1-14(2,3)13(16)10-17(4)9-11-7-5-6-8-12(11)15/h5-8,13H,9-10,16H2,1-4H3. The van der Waals surface area contributed by atoms with E-state index in [1.165, 1.54) is 0 Å². The van der Waals surface area contributed by atoms with Crippen LogP contribution in [0.4, 0.5) is 0 Å². The predicted molar refractivity (Wildman–Crippen MR) is 75.2 cm³/mol. The summed E-state index contributed by atoms with van der Waals surface area (Å²) in [6.45, 7) is 8.21. The Balaban J connectivity index is 2.56. The van der Waals surface area contributed by atoms with Gasteiger partial charge in [-0.2, -0.15) is 0 Å². The van der Waals surface area contributed by atoms with Gasteiger partial charge in [-0.05, 0) is 24.1 Å². The summed E-state index contributed by atoms with van der Waals surface area (Å²) in [5.74, 6) is 0. The van der Waals surface area contributed by atoms with Crippen LogP contribution in [0, 0.1) is 5.41 Å². The minimum absolute atomic E-state index is 0.134. The number of rotatable bonds is 4. The highest BCUT2D eigenvalue weighted by molar-refractivity contribution is 6.31. The van der Waals surface area contributed by atoms with Gasteiger partial charge < -0.3 is 10.6 Å². The zero-order valence-electron chi connectivity index (χ0n) is 11.2. The van der Waals surface area contributed by atoms with Crippen molar-refractivity contribution in [2.75, 3.05) is 13.6 Å². The lowest BCUT2D eigenvalue weighted by Gasteiger charge is -2.31. The fraction of sp³-hybridized carbons (Fsp3) is 0.571. The van der Waals surface area contributed by atoms with Crippen molar-refractivity contribution in [3.63, 3.8) is 0 Å². The second kappa shape index (κ2) is 5.85. The van der Waals surface area contributed by atoms with Gasteiger partial charge in [-0.3, -0.25) is 0 Å². The van der Waals surface area contributed by atoms with Crippen molar-refractivity contribution in [1.82, 2.24) is 4.90 Å². The number of hydrogen-bond acceptors (Lipinski definition) is 2. The zero-order chi connectivity index (χ0) is 13.1. The van der Waals surface area contributed by atoms with Crippen molar-refractivity contribution in [1.29, 1.82) is 0 Å². The fourth-order valence-electron chi connectivity index (χ4n) is 1.59. The number of likely N-dealkylation sites (N-methyl/N-ethyl adjacent to an activating group) is 1. The first-order valence-electron chi connectivity index (χ1n) is 5.98. The lowest BCUT2D eigenvalue weighted by Crippen LogP contribution is -2.43. The Hall–Kier alpha value is -0.570. The molecule has 1 aromatic rings. The van der Waals surface area contributed by atoms with Crippen LogP contribution in [0.25, 0.3) is 0 Å². The summed E-state index contributed by atoms with van der Waals surface area (Å²) in [5, 5.41) is 0.823. The van der Waals surface area contributed by atoms with Crippen LogP contribution < -0.4 is 5.73 Å². The van der Waals surface area contributed by atoms with Crippen LogP contribution in [0.5, 0.6) is 0 Å². The highest BCUT2D eigenvalue weighted by atomic mass is 35.5. The average Bonchev–Trinajstić information content (AvgIpc) is 2.20. The van der Waals surface area contributed by atoms with Gasteiger partial charge in [0.1, 0.15) is 0 Å². The van der Waals surface area contributed by atoms with Crippen molar-refractivity contribution in [2.45, 2.75) is 33.4 Å². The normalized spacial score (nSPS) is 14.1. The molecule has 3 heteroatoms. The molecule has 1 aromatic carbocycles. The Morgan fingerprint density at radius 1 is 1.29 bits per heavy atom. The molecule has 0 fully saturated rings. The molecule has 0 bridgehead atoms. The van der Waals surface area contributed by atoms with Crippen molar-refractivity contribution >= 4 is 11.6 Å². The molecule has 1 atom stereocenters. The number of halogens is 1. The third kappa shape index (κ3) is 4.66. The minimum atomic E-state index is 0.134. The molecule has 0 aliphatic heterocycles. The molecule has 0 aliphatic rings. The summed E-state index contributed by atoms with van der Waals surface area (Å²) in [6, 6.07) is 8.11. The number of benzene rings is 1. The van der Waals surface area contributed by atoms with Crippen LogP contribution in [0.1, 0.15) is 26.3 Å². The van der Waals surface area contributed by atoms with Gasteiger partial charge in [0.05, 0.1) is 0 Å². The third-order valence-corrected chi connectivity index (χ3v) is 3.39. The first-order valence-corrected chi connectivity index (χ1v) is 6.36. The van der Waals surface area contributed by atoms with Crippen molar-refractivity contribution in [3.8, 4) is 0 Å². The molecule has 0 saturated carbocycles. The molecule has 17 heavy (non-hydrogen) atoms. The second-order valence-electron chi connectivity index (χ2n) is 5.76. The number of nitrogens with zero attached hydrogens (tertiary/aromatic N) is 1. The Bertz CT molecular complexity index is 357.